The van der Waals surface area contributed by atoms with Crippen LogP contribution in [0.15, 0.2) is 36.4 Å². The van der Waals surface area contributed by atoms with E-state index in [1.54, 1.807) is 17.0 Å². The molecule has 20 heavy (non-hydrogen) atoms. The number of rotatable bonds is 3. The van der Waals surface area contributed by atoms with Gasteiger partial charge in [0.05, 0.1) is 12.6 Å². The monoisotopic (exact) mass is 277 g/mol. The van der Waals surface area contributed by atoms with Crippen molar-refractivity contribution in [3.63, 3.8) is 0 Å². The summed E-state index contributed by atoms with van der Waals surface area (Å²) < 4.78 is 18.3. The molecule has 3 nitrogen and oxygen atoms in total. The van der Waals surface area contributed by atoms with Crippen LogP contribution in [0.4, 0.5) is 9.18 Å². The molecule has 4 heteroatoms. The topological polar surface area (TPSA) is 29.5 Å². The largest absolute Gasteiger partial charge is 0.449 e. The Morgan fingerprint density at radius 3 is 2.75 bits per heavy atom. The lowest BCUT2D eigenvalue weighted by molar-refractivity contribution is 0.0823. The Kier molecular flexibility index (Phi) is 4.77. The van der Waals surface area contributed by atoms with Gasteiger partial charge in [0.15, 0.2) is 0 Å². The van der Waals surface area contributed by atoms with E-state index in [0.717, 1.165) is 12.0 Å². The highest BCUT2D eigenvalue weighted by molar-refractivity contribution is 5.69. The normalized spacial score (nSPS) is 18.4. The third kappa shape index (κ3) is 3.59. The van der Waals surface area contributed by atoms with Crippen molar-refractivity contribution < 1.29 is 13.9 Å². The predicted molar refractivity (Wildman–Crippen MR) is 75.8 cm³/mol. The van der Waals surface area contributed by atoms with E-state index in [-0.39, 0.29) is 18.0 Å². The van der Waals surface area contributed by atoms with Crippen LogP contribution in [0.3, 0.4) is 0 Å². The van der Waals surface area contributed by atoms with Crippen molar-refractivity contribution in [2.75, 3.05) is 13.2 Å². The summed E-state index contributed by atoms with van der Waals surface area (Å²) >= 11 is 0. The van der Waals surface area contributed by atoms with Crippen molar-refractivity contribution in [3.8, 4) is 0 Å². The lowest BCUT2D eigenvalue weighted by atomic mass is 10.0. The zero-order valence-corrected chi connectivity index (χ0v) is 11.9. The molecule has 0 spiro atoms. The van der Waals surface area contributed by atoms with Crippen LogP contribution in [0, 0.1) is 11.7 Å². The second-order valence-electron chi connectivity index (χ2n) is 5.38. The van der Waals surface area contributed by atoms with Crippen LogP contribution in [0.1, 0.15) is 31.9 Å². The molecular weight excluding hydrogens is 257 g/mol. The summed E-state index contributed by atoms with van der Waals surface area (Å²) in [4.78, 5) is 13.8. The first kappa shape index (κ1) is 14.6. The highest BCUT2D eigenvalue weighted by atomic mass is 19.1. The number of halogens is 1. The predicted octanol–water partition coefficient (Wildman–Crippen LogP) is 3.92. The number of hydrogen-bond acceptors (Lipinski definition) is 2. The van der Waals surface area contributed by atoms with Crippen molar-refractivity contribution in [3.05, 3.63) is 47.8 Å². The third-order valence-corrected chi connectivity index (χ3v) is 3.18. The summed E-state index contributed by atoms with van der Waals surface area (Å²) in [5.41, 5.74) is 0.892. The Morgan fingerprint density at radius 1 is 1.40 bits per heavy atom. The van der Waals surface area contributed by atoms with Gasteiger partial charge in [0.1, 0.15) is 5.82 Å². The van der Waals surface area contributed by atoms with Gasteiger partial charge < -0.3 is 4.74 Å². The van der Waals surface area contributed by atoms with E-state index >= 15 is 0 Å². The molecular formula is C16H20FNO2. The van der Waals surface area contributed by atoms with E-state index in [4.69, 9.17) is 4.74 Å². The summed E-state index contributed by atoms with van der Waals surface area (Å²) in [6.45, 7) is 5.03. The van der Waals surface area contributed by atoms with E-state index < -0.39 is 0 Å². The van der Waals surface area contributed by atoms with Crippen molar-refractivity contribution in [1.82, 2.24) is 4.90 Å². The Labute approximate surface area is 119 Å². The zero-order valence-electron chi connectivity index (χ0n) is 11.9. The number of carbonyl (C=O) groups excluding carboxylic acids is 1. The van der Waals surface area contributed by atoms with Crippen molar-refractivity contribution in [2.45, 2.75) is 26.3 Å². The minimum atomic E-state index is -0.308. The minimum absolute atomic E-state index is 0.177. The SMILES string of the molecule is CC(C)COC(=O)N1CCC=C[C@@H]1c1ccc(F)cc1. The maximum atomic E-state index is 13.0. The van der Waals surface area contributed by atoms with E-state index in [1.165, 1.54) is 12.1 Å². The van der Waals surface area contributed by atoms with Crippen molar-refractivity contribution in [2.24, 2.45) is 5.92 Å². The summed E-state index contributed by atoms with van der Waals surface area (Å²) in [7, 11) is 0. The smallest absolute Gasteiger partial charge is 0.410 e. The number of nitrogens with zero attached hydrogens (tertiary/aromatic N) is 1. The van der Waals surface area contributed by atoms with Crippen molar-refractivity contribution >= 4 is 6.09 Å². The molecule has 0 fully saturated rings. The number of carbonyl (C=O) groups is 1. The fraction of sp³-hybridized carbons (Fsp3) is 0.438. The van der Waals surface area contributed by atoms with Crippen molar-refractivity contribution in [1.29, 1.82) is 0 Å². The molecule has 108 valence electrons. The lowest BCUT2D eigenvalue weighted by Crippen LogP contribution is -2.37. The molecule has 1 aliphatic rings. The average Bonchev–Trinajstić information content (AvgIpc) is 2.45. The van der Waals surface area contributed by atoms with Gasteiger partial charge in [0.25, 0.3) is 0 Å². The Morgan fingerprint density at radius 2 is 2.10 bits per heavy atom. The van der Waals surface area contributed by atoms with E-state index in [0.29, 0.717) is 19.1 Å². The molecule has 1 aliphatic heterocycles. The third-order valence-electron chi connectivity index (χ3n) is 3.18. The minimum Gasteiger partial charge on any atom is -0.449 e. The van der Waals surface area contributed by atoms with Gasteiger partial charge in [-0.05, 0) is 30.0 Å². The summed E-state index contributed by atoms with van der Waals surface area (Å²) in [6, 6.07) is 6.06. The molecule has 1 heterocycles. The fourth-order valence-corrected chi connectivity index (χ4v) is 2.16. The lowest BCUT2D eigenvalue weighted by Gasteiger charge is -2.32. The highest BCUT2D eigenvalue weighted by Crippen LogP contribution is 2.27. The molecule has 0 saturated carbocycles. The van der Waals surface area contributed by atoms with Gasteiger partial charge in [-0.25, -0.2) is 9.18 Å². The first-order chi connectivity index (χ1) is 9.58. The molecule has 0 unspecified atom stereocenters. The van der Waals surface area contributed by atoms with Crippen LogP contribution in [-0.2, 0) is 4.74 Å². The molecule has 0 bridgehead atoms. The van der Waals surface area contributed by atoms with Crippen LogP contribution >= 0.6 is 0 Å². The van der Waals surface area contributed by atoms with Crippen LogP contribution in [0.2, 0.25) is 0 Å². The maximum Gasteiger partial charge on any atom is 0.410 e. The van der Waals surface area contributed by atoms with E-state index in [9.17, 15) is 9.18 Å². The first-order valence-corrected chi connectivity index (χ1v) is 6.93. The molecule has 0 radical (unpaired) electrons. The molecule has 0 aliphatic carbocycles. The van der Waals surface area contributed by atoms with Crippen LogP contribution in [-0.4, -0.2) is 24.1 Å². The van der Waals surface area contributed by atoms with Gasteiger partial charge in [-0.3, -0.25) is 4.90 Å². The summed E-state index contributed by atoms with van der Waals surface area (Å²) in [5, 5.41) is 0. The Hall–Kier alpha value is -1.84. The summed E-state index contributed by atoms with van der Waals surface area (Å²) in [5.74, 6) is 0.0334. The standard InChI is InChI=1S/C16H20FNO2/c1-12(2)11-20-16(19)18-10-4-3-5-15(18)13-6-8-14(17)9-7-13/h3,5-9,12,15H,4,10-11H2,1-2H3/t15-/m1/s1. The number of benzene rings is 1. The van der Waals surface area contributed by atoms with E-state index in [2.05, 4.69) is 0 Å². The quantitative estimate of drug-likeness (QED) is 0.784. The van der Waals surface area contributed by atoms with Gasteiger partial charge in [0, 0.05) is 6.54 Å². The molecule has 1 atom stereocenters. The van der Waals surface area contributed by atoms with E-state index in [1.807, 2.05) is 26.0 Å². The van der Waals surface area contributed by atoms with Gasteiger partial charge in [-0.15, -0.1) is 0 Å². The second kappa shape index (κ2) is 6.55. The fourth-order valence-electron chi connectivity index (χ4n) is 2.16. The van der Waals surface area contributed by atoms with Gasteiger partial charge in [0.2, 0.25) is 0 Å². The molecule has 1 aromatic carbocycles. The van der Waals surface area contributed by atoms with Gasteiger partial charge in [-0.2, -0.15) is 0 Å². The highest BCUT2D eigenvalue weighted by Gasteiger charge is 2.26. The Bertz CT molecular complexity index is 482. The molecule has 0 aromatic heterocycles. The number of ether oxygens (including phenoxy) is 1. The maximum absolute atomic E-state index is 13.0. The summed E-state index contributed by atoms with van der Waals surface area (Å²) in [6.07, 6.45) is 4.51. The van der Waals surface area contributed by atoms with Crippen LogP contribution in [0.25, 0.3) is 0 Å². The average molecular weight is 277 g/mol. The molecule has 1 aromatic rings. The van der Waals surface area contributed by atoms with Gasteiger partial charge in [-0.1, -0.05) is 38.1 Å². The Balaban J connectivity index is 2.12. The molecule has 1 amide bonds. The molecule has 0 N–H and O–H groups in total. The van der Waals surface area contributed by atoms with Crippen LogP contribution in [0.5, 0.6) is 0 Å². The zero-order chi connectivity index (χ0) is 14.5. The molecule has 0 saturated heterocycles. The van der Waals surface area contributed by atoms with Gasteiger partial charge >= 0.3 is 6.09 Å². The number of hydrogen-bond donors (Lipinski definition) is 0. The number of amides is 1. The first-order valence-electron chi connectivity index (χ1n) is 6.93. The van der Waals surface area contributed by atoms with Crippen LogP contribution < -0.4 is 0 Å². The second-order valence-corrected chi connectivity index (χ2v) is 5.38. The molecule has 2 rings (SSSR count).